The van der Waals surface area contributed by atoms with Gasteiger partial charge in [0.2, 0.25) is 0 Å². The Kier molecular flexibility index (Phi) is 6.13. The first-order valence-corrected chi connectivity index (χ1v) is 8.38. The zero-order valence-corrected chi connectivity index (χ0v) is 12.4. The molecule has 108 valence electrons. The lowest BCUT2D eigenvalue weighted by molar-refractivity contribution is -0.108. The summed E-state index contributed by atoms with van der Waals surface area (Å²) in [6, 6.07) is 0. The van der Waals surface area contributed by atoms with E-state index in [1.165, 1.54) is 64.2 Å². The van der Waals surface area contributed by atoms with E-state index in [0.29, 0.717) is 5.92 Å². The van der Waals surface area contributed by atoms with E-state index < -0.39 is 0 Å². The summed E-state index contributed by atoms with van der Waals surface area (Å²) in [5, 5.41) is 0. The molecule has 1 nitrogen and oxygen atoms in total. The topological polar surface area (TPSA) is 17.1 Å². The van der Waals surface area contributed by atoms with E-state index in [1.807, 2.05) is 0 Å². The van der Waals surface area contributed by atoms with Gasteiger partial charge >= 0.3 is 0 Å². The molecule has 0 atom stereocenters. The van der Waals surface area contributed by atoms with Gasteiger partial charge in [-0.1, -0.05) is 18.9 Å². The highest BCUT2D eigenvalue weighted by Crippen LogP contribution is 2.42. The molecule has 0 N–H and O–H groups in total. The van der Waals surface area contributed by atoms with E-state index in [4.69, 9.17) is 0 Å². The van der Waals surface area contributed by atoms with Crippen LogP contribution in [0.5, 0.6) is 0 Å². The SMILES string of the molecule is C=CCC[C@H]1CC[C@H]([C@H]2CC[C@H](CC=O)CC2)CC1. The van der Waals surface area contributed by atoms with Gasteiger partial charge in [-0.2, -0.15) is 0 Å². The molecule has 2 saturated carbocycles. The van der Waals surface area contributed by atoms with Gasteiger partial charge in [0, 0.05) is 6.42 Å². The molecule has 0 aliphatic heterocycles. The van der Waals surface area contributed by atoms with Gasteiger partial charge in [-0.05, 0) is 75.0 Å². The molecule has 0 bridgehead atoms. The predicted octanol–water partition coefficient (Wildman–Crippen LogP) is 5.15. The zero-order chi connectivity index (χ0) is 13.5. The second kappa shape index (κ2) is 7.87. The van der Waals surface area contributed by atoms with Crippen molar-refractivity contribution in [2.24, 2.45) is 23.7 Å². The molecule has 1 heteroatoms. The molecule has 0 heterocycles. The lowest BCUT2D eigenvalue weighted by Crippen LogP contribution is -2.26. The molecule has 0 amide bonds. The van der Waals surface area contributed by atoms with Crippen molar-refractivity contribution in [2.45, 2.75) is 70.6 Å². The molecule has 2 rings (SSSR count). The molecule has 2 fully saturated rings. The summed E-state index contributed by atoms with van der Waals surface area (Å²) in [4.78, 5) is 10.6. The van der Waals surface area contributed by atoms with E-state index in [0.717, 1.165) is 30.5 Å². The molecule has 19 heavy (non-hydrogen) atoms. The third-order valence-electron chi connectivity index (χ3n) is 5.66. The van der Waals surface area contributed by atoms with Crippen LogP contribution >= 0.6 is 0 Å². The van der Waals surface area contributed by atoms with E-state index in [1.54, 1.807) is 0 Å². The minimum atomic E-state index is 0.706. The number of carbonyl (C=O) groups is 1. The number of allylic oxidation sites excluding steroid dienone is 1. The first kappa shape index (κ1) is 14.8. The molecule has 2 aliphatic rings. The summed E-state index contributed by atoms with van der Waals surface area (Å²) in [6.45, 7) is 3.83. The maximum atomic E-state index is 10.6. The Morgan fingerprint density at radius 1 is 0.842 bits per heavy atom. The third kappa shape index (κ3) is 4.47. The van der Waals surface area contributed by atoms with Crippen LogP contribution in [0.3, 0.4) is 0 Å². The van der Waals surface area contributed by atoms with Crippen LogP contribution in [0.25, 0.3) is 0 Å². The van der Waals surface area contributed by atoms with Gasteiger partial charge in [0.05, 0.1) is 0 Å². The average Bonchev–Trinajstić information content (AvgIpc) is 2.47. The van der Waals surface area contributed by atoms with Crippen LogP contribution in [0.15, 0.2) is 12.7 Å². The molecule has 0 aromatic carbocycles. The molecule has 0 aromatic heterocycles. The smallest absolute Gasteiger partial charge is 0.120 e. The van der Waals surface area contributed by atoms with Gasteiger partial charge in [0.1, 0.15) is 6.29 Å². The fourth-order valence-electron chi connectivity index (χ4n) is 4.33. The van der Waals surface area contributed by atoms with Crippen molar-refractivity contribution >= 4 is 6.29 Å². The highest BCUT2D eigenvalue weighted by atomic mass is 16.1. The van der Waals surface area contributed by atoms with Gasteiger partial charge < -0.3 is 4.79 Å². The van der Waals surface area contributed by atoms with Crippen LogP contribution in [0.2, 0.25) is 0 Å². The normalized spacial score (nSPS) is 35.8. The lowest BCUT2D eigenvalue weighted by Gasteiger charge is -2.37. The number of hydrogen-bond donors (Lipinski definition) is 0. The Bertz CT molecular complexity index is 267. The van der Waals surface area contributed by atoms with Crippen molar-refractivity contribution in [3.63, 3.8) is 0 Å². The third-order valence-corrected chi connectivity index (χ3v) is 5.66. The summed E-state index contributed by atoms with van der Waals surface area (Å²) >= 11 is 0. The van der Waals surface area contributed by atoms with E-state index >= 15 is 0 Å². The molecule has 0 aromatic rings. The van der Waals surface area contributed by atoms with Crippen molar-refractivity contribution in [3.8, 4) is 0 Å². The highest BCUT2D eigenvalue weighted by Gasteiger charge is 2.30. The van der Waals surface area contributed by atoms with Crippen LogP contribution in [-0.4, -0.2) is 6.29 Å². The number of hydrogen-bond acceptors (Lipinski definition) is 1. The monoisotopic (exact) mass is 262 g/mol. The van der Waals surface area contributed by atoms with Crippen molar-refractivity contribution in [1.29, 1.82) is 0 Å². The fraction of sp³-hybridized carbons (Fsp3) is 0.833. The number of aldehydes is 1. The minimum Gasteiger partial charge on any atom is -0.303 e. The van der Waals surface area contributed by atoms with Crippen molar-refractivity contribution < 1.29 is 4.79 Å². The maximum Gasteiger partial charge on any atom is 0.120 e. The summed E-state index contributed by atoms with van der Waals surface area (Å²) in [5.41, 5.74) is 0. The Hall–Kier alpha value is -0.590. The van der Waals surface area contributed by atoms with Crippen LogP contribution in [0.4, 0.5) is 0 Å². The van der Waals surface area contributed by atoms with E-state index in [-0.39, 0.29) is 0 Å². The van der Waals surface area contributed by atoms with E-state index in [9.17, 15) is 4.79 Å². The molecule has 0 spiro atoms. The Morgan fingerprint density at radius 2 is 1.37 bits per heavy atom. The first-order chi connectivity index (χ1) is 9.33. The standard InChI is InChI=1S/C18H30O/c1-2-3-4-15-5-9-17(10-6-15)18-11-7-16(8-12-18)13-14-19/h2,14-18H,1,3-13H2/t15-,16-,17-,18-. The average molecular weight is 262 g/mol. The maximum absolute atomic E-state index is 10.6. The highest BCUT2D eigenvalue weighted by molar-refractivity contribution is 5.49. The van der Waals surface area contributed by atoms with Crippen molar-refractivity contribution in [2.75, 3.05) is 0 Å². The van der Waals surface area contributed by atoms with Gasteiger partial charge in [0.25, 0.3) is 0 Å². The van der Waals surface area contributed by atoms with Crippen LogP contribution in [-0.2, 0) is 4.79 Å². The van der Waals surface area contributed by atoms with Gasteiger partial charge in [-0.3, -0.25) is 0 Å². The van der Waals surface area contributed by atoms with Crippen LogP contribution in [0, 0.1) is 23.7 Å². The zero-order valence-electron chi connectivity index (χ0n) is 12.4. The Morgan fingerprint density at radius 3 is 1.84 bits per heavy atom. The Balaban J connectivity index is 1.67. The number of carbonyl (C=O) groups excluding carboxylic acids is 1. The molecule has 0 radical (unpaired) electrons. The lowest BCUT2D eigenvalue weighted by atomic mass is 9.68. The second-order valence-electron chi connectivity index (χ2n) is 6.83. The van der Waals surface area contributed by atoms with Crippen molar-refractivity contribution in [3.05, 3.63) is 12.7 Å². The first-order valence-electron chi connectivity index (χ1n) is 8.38. The largest absolute Gasteiger partial charge is 0.303 e. The van der Waals surface area contributed by atoms with Crippen LogP contribution in [0.1, 0.15) is 70.6 Å². The molecule has 0 unspecified atom stereocenters. The predicted molar refractivity (Wildman–Crippen MR) is 81.0 cm³/mol. The molecule has 2 aliphatic carbocycles. The van der Waals surface area contributed by atoms with Gasteiger partial charge in [0.15, 0.2) is 0 Å². The number of rotatable bonds is 6. The fourth-order valence-corrected chi connectivity index (χ4v) is 4.33. The van der Waals surface area contributed by atoms with Crippen LogP contribution < -0.4 is 0 Å². The van der Waals surface area contributed by atoms with Crippen molar-refractivity contribution in [1.82, 2.24) is 0 Å². The molecule has 0 saturated heterocycles. The summed E-state index contributed by atoms with van der Waals surface area (Å²) in [7, 11) is 0. The van der Waals surface area contributed by atoms with Gasteiger partial charge in [-0.25, -0.2) is 0 Å². The van der Waals surface area contributed by atoms with E-state index in [2.05, 4.69) is 12.7 Å². The summed E-state index contributed by atoms with van der Waals surface area (Å²) in [6.07, 6.45) is 17.8. The quantitative estimate of drug-likeness (QED) is 0.477. The molecular weight excluding hydrogens is 232 g/mol. The second-order valence-corrected chi connectivity index (χ2v) is 6.83. The van der Waals surface area contributed by atoms with Gasteiger partial charge in [-0.15, -0.1) is 6.58 Å². The summed E-state index contributed by atoms with van der Waals surface area (Å²) < 4.78 is 0. The minimum absolute atomic E-state index is 0.706. The molecular formula is C18H30O. The summed E-state index contributed by atoms with van der Waals surface area (Å²) in [5.74, 6) is 3.65. The Labute approximate surface area is 118 Å².